The van der Waals surface area contributed by atoms with Gasteiger partial charge in [0, 0.05) is 25.7 Å². The van der Waals surface area contributed by atoms with E-state index in [9.17, 15) is 4.79 Å². The Morgan fingerprint density at radius 2 is 1.95 bits per heavy atom. The maximum absolute atomic E-state index is 11.7. The zero-order valence-electron chi connectivity index (χ0n) is 14.9. The number of piperidine rings is 1. The van der Waals surface area contributed by atoms with E-state index < -0.39 is 5.60 Å². The largest absolute Gasteiger partial charge is 0.444 e. The highest BCUT2D eigenvalue weighted by Gasteiger charge is 2.25. The summed E-state index contributed by atoms with van der Waals surface area (Å²) >= 11 is 0. The molecule has 130 valence electrons. The number of hydrogen-bond donors (Lipinski definition) is 2. The summed E-state index contributed by atoms with van der Waals surface area (Å²) in [6.07, 6.45) is 2.02. The first kappa shape index (κ1) is 19.2. The van der Waals surface area contributed by atoms with Crippen molar-refractivity contribution >= 4 is 6.09 Å². The maximum Gasteiger partial charge on any atom is 0.407 e. The molecule has 0 radical (unpaired) electrons. The lowest BCUT2D eigenvalue weighted by Gasteiger charge is -2.38. The van der Waals surface area contributed by atoms with Crippen LogP contribution in [0.1, 0.15) is 33.6 Å². The fourth-order valence-electron chi connectivity index (χ4n) is 2.89. The van der Waals surface area contributed by atoms with Gasteiger partial charge < -0.3 is 20.7 Å². The number of carbonyl (C=O) groups is 1. The number of alkyl carbamates (subject to hydrolysis) is 1. The number of rotatable bonds is 6. The number of nitrogens with two attached hydrogens (primary N) is 1. The maximum atomic E-state index is 11.7. The first-order valence-corrected chi connectivity index (χ1v) is 8.27. The second kappa shape index (κ2) is 8.70. The van der Waals surface area contributed by atoms with Gasteiger partial charge in [0.2, 0.25) is 0 Å². The minimum atomic E-state index is -0.465. The van der Waals surface area contributed by atoms with E-state index in [0.29, 0.717) is 13.1 Å². The molecule has 1 aliphatic heterocycles. The number of nitrogens with one attached hydrogen (secondary N) is 1. The number of likely N-dealkylation sites (tertiary alicyclic amines) is 1. The highest BCUT2D eigenvalue weighted by atomic mass is 16.6. The van der Waals surface area contributed by atoms with Crippen molar-refractivity contribution in [3.8, 4) is 0 Å². The number of hydrogen-bond acceptors (Lipinski definition) is 5. The third-order valence-corrected chi connectivity index (χ3v) is 3.94. The van der Waals surface area contributed by atoms with Gasteiger partial charge in [0.1, 0.15) is 5.60 Å². The quantitative estimate of drug-likeness (QED) is 0.768. The van der Waals surface area contributed by atoms with E-state index in [1.54, 1.807) is 0 Å². The van der Waals surface area contributed by atoms with Gasteiger partial charge >= 0.3 is 6.09 Å². The van der Waals surface area contributed by atoms with Crippen LogP contribution < -0.4 is 11.1 Å². The Hall–Kier alpha value is -0.850. The third kappa shape index (κ3) is 7.42. The molecule has 1 atom stereocenters. The summed E-state index contributed by atoms with van der Waals surface area (Å²) in [4.78, 5) is 16.4. The molecule has 6 nitrogen and oxygen atoms in total. The molecule has 0 bridgehead atoms. The molecule has 1 unspecified atom stereocenters. The van der Waals surface area contributed by atoms with E-state index in [2.05, 4.69) is 29.2 Å². The van der Waals surface area contributed by atoms with Gasteiger partial charge in [0.25, 0.3) is 0 Å². The van der Waals surface area contributed by atoms with Gasteiger partial charge in [-0.15, -0.1) is 0 Å². The van der Waals surface area contributed by atoms with Crippen molar-refractivity contribution in [2.45, 2.75) is 45.3 Å². The minimum absolute atomic E-state index is 0.188. The molecule has 1 aliphatic rings. The predicted octanol–water partition coefficient (Wildman–Crippen LogP) is 1.11. The number of ether oxygens (including phenoxy) is 1. The summed E-state index contributed by atoms with van der Waals surface area (Å²) in [6, 6.07) is 0.188. The number of amides is 1. The van der Waals surface area contributed by atoms with Crippen molar-refractivity contribution in [2.24, 2.45) is 11.7 Å². The van der Waals surface area contributed by atoms with Crippen LogP contribution in [0.3, 0.4) is 0 Å². The molecule has 0 aliphatic carbocycles. The van der Waals surface area contributed by atoms with E-state index in [-0.39, 0.29) is 12.1 Å². The van der Waals surface area contributed by atoms with Crippen LogP contribution in [0.5, 0.6) is 0 Å². The fourth-order valence-corrected chi connectivity index (χ4v) is 2.89. The van der Waals surface area contributed by atoms with Crippen molar-refractivity contribution < 1.29 is 9.53 Å². The molecular formula is C16H34N4O2. The van der Waals surface area contributed by atoms with Gasteiger partial charge in [0.05, 0.1) is 0 Å². The molecule has 1 rings (SSSR count). The monoisotopic (exact) mass is 314 g/mol. The van der Waals surface area contributed by atoms with Gasteiger partial charge in [-0.1, -0.05) is 0 Å². The zero-order valence-corrected chi connectivity index (χ0v) is 14.9. The van der Waals surface area contributed by atoms with Gasteiger partial charge in [-0.2, -0.15) is 0 Å². The number of carbonyl (C=O) groups excluding carboxylic acids is 1. The standard InChI is InChI=1S/C16H34N4O2/c1-16(2,3)22-15(21)18-11-14(10-17)20-8-6-13(7-9-20)12-19(4)5/h13-14H,6-12,17H2,1-5H3,(H,18,21). The minimum Gasteiger partial charge on any atom is -0.444 e. The van der Waals surface area contributed by atoms with Crippen molar-refractivity contribution in [2.75, 3.05) is 46.8 Å². The predicted molar refractivity (Wildman–Crippen MR) is 89.9 cm³/mol. The lowest BCUT2D eigenvalue weighted by Crippen LogP contribution is -2.51. The van der Waals surface area contributed by atoms with E-state index >= 15 is 0 Å². The average molecular weight is 314 g/mol. The van der Waals surface area contributed by atoms with Crippen molar-refractivity contribution in [3.05, 3.63) is 0 Å². The Morgan fingerprint density at radius 3 is 2.41 bits per heavy atom. The molecule has 22 heavy (non-hydrogen) atoms. The fraction of sp³-hybridized carbons (Fsp3) is 0.938. The van der Waals surface area contributed by atoms with Crippen molar-refractivity contribution in [1.82, 2.24) is 15.1 Å². The topological polar surface area (TPSA) is 70.8 Å². The molecule has 6 heteroatoms. The van der Waals surface area contributed by atoms with Crippen molar-refractivity contribution in [3.63, 3.8) is 0 Å². The normalized spacial score (nSPS) is 19.2. The van der Waals surface area contributed by atoms with Gasteiger partial charge in [-0.05, 0) is 66.7 Å². The molecule has 0 spiro atoms. The second-order valence-electron chi connectivity index (χ2n) is 7.51. The lowest BCUT2D eigenvalue weighted by molar-refractivity contribution is 0.0496. The summed E-state index contributed by atoms with van der Waals surface area (Å²) in [5.41, 5.74) is 5.42. The van der Waals surface area contributed by atoms with E-state index in [4.69, 9.17) is 10.5 Å². The van der Waals surface area contributed by atoms with E-state index in [1.165, 1.54) is 12.8 Å². The Labute approximate surface area is 135 Å². The van der Waals surface area contributed by atoms with Crippen LogP contribution in [0, 0.1) is 5.92 Å². The molecule has 0 saturated carbocycles. The second-order valence-corrected chi connectivity index (χ2v) is 7.51. The van der Waals surface area contributed by atoms with Crippen LogP contribution in [0.25, 0.3) is 0 Å². The molecular weight excluding hydrogens is 280 g/mol. The van der Waals surface area contributed by atoms with Gasteiger partial charge in [-0.3, -0.25) is 4.90 Å². The smallest absolute Gasteiger partial charge is 0.407 e. The lowest BCUT2D eigenvalue weighted by atomic mass is 9.95. The molecule has 3 N–H and O–H groups in total. The summed E-state index contributed by atoms with van der Waals surface area (Å²) in [5, 5.41) is 2.84. The van der Waals surface area contributed by atoms with Crippen LogP contribution in [0.2, 0.25) is 0 Å². The van der Waals surface area contributed by atoms with Crippen LogP contribution in [-0.4, -0.2) is 74.4 Å². The Morgan fingerprint density at radius 1 is 1.36 bits per heavy atom. The Kier molecular flexibility index (Phi) is 7.59. The third-order valence-electron chi connectivity index (χ3n) is 3.94. The molecule has 1 heterocycles. The van der Waals surface area contributed by atoms with Crippen LogP contribution in [-0.2, 0) is 4.74 Å². The van der Waals surface area contributed by atoms with Crippen molar-refractivity contribution in [1.29, 1.82) is 0 Å². The molecule has 1 saturated heterocycles. The molecule has 0 aromatic carbocycles. The summed E-state index contributed by atoms with van der Waals surface area (Å²) in [6.45, 7) is 9.94. The SMILES string of the molecule is CN(C)CC1CCN(C(CN)CNC(=O)OC(C)(C)C)CC1. The van der Waals surface area contributed by atoms with Crippen LogP contribution >= 0.6 is 0 Å². The first-order chi connectivity index (χ1) is 10.2. The summed E-state index contributed by atoms with van der Waals surface area (Å²) < 4.78 is 5.27. The van der Waals surface area contributed by atoms with Gasteiger partial charge in [0.15, 0.2) is 0 Å². The zero-order chi connectivity index (χ0) is 16.8. The Bertz CT molecular complexity index is 334. The van der Waals surface area contributed by atoms with Gasteiger partial charge in [-0.25, -0.2) is 4.79 Å². The molecule has 0 aromatic heterocycles. The van der Waals surface area contributed by atoms with Crippen LogP contribution in [0.4, 0.5) is 4.79 Å². The highest BCUT2D eigenvalue weighted by molar-refractivity contribution is 5.67. The molecule has 1 fully saturated rings. The van der Waals surface area contributed by atoms with E-state index in [0.717, 1.165) is 25.6 Å². The highest BCUT2D eigenvalue weighted by Crippen LogP contribution is 2.19. The summed E-state index contributed by atoms with van der Waals surface area (Å²) in [5.74, 6) is 0.767. The summed E-state index contributed by atoms with van der Waals surface area (Å²) in [7, 11) is 4.25. The number of nitrogens with zero attached hydrogens (tertiary/aromatic N) is 2. The average Bonchev–Trinajstić information content (AvgIpc) is 2.38. The molecule has 0 aromatic rings. The molecule has 1 amide bonds. The van der Waals surface area contributed by atoms with E-state index in [1.807, 2.05) is 20.8 Å². The van der Waals surface area contributed by atoms with Crippen LogP contribution in [0.15, 0.2) is 0 Å². The first-order valence-electron chi connectivity index (χ1n) is 8.27. The Balaban J connectivity index is 2.35.